The topological polar surface area (TPSA) is 75.4 Å². The highest BCUT2D eigenvalue weighted by molar-refractivity contribution is 6.04. The Bertz CT molecular complexity index is 1090. The molecule has 0 spiro atoms. The number of rotatable bonds is 4. The summed E-state index contributed by atoms with van der Waals surface area (Å²) < 4.78 is 5.41. The molecule has 1 aliphatic rings. The summed E-state index contributed by atoms with van der Waals surface area (Å²) in [5.41, 5.74) is 1.39. The van der Waals surface area contributed by atoms with Crippen LogP contribution in [0.2, 0.25) is 0 Å². The highest BCUT2D eigenvalue weighted by atomic mass is 16.4. The number of hydrogen-bond donors (Lipinski definition) is 1. The Morgan fingerprint density at radius 2 is 2.14 bits per heavy atom. The minimum absolute atomic E-state index is 0.0705. The summed E-state index contributed by atoms with van der Waals surface area (Å²) >= 11 is 0. The number of amides is 1. The van der Waals surface area contributed by atoms with Gasteiger partial charge in [-0.1, -0.05) is 25.5 Å². The predicted molar refractivity (Wildman–Crippen MR) is 111 cm³/mol. The molecule has 28 heavy (non-hydrogen) atoms. The number of carbonyl (C=O) groups excluding carboxylic acids is 1. The molecular formula is C22H25N3O3. The fraction of sp³-hybridized carbons (Fsp3) is 0.409. The van der Waals surface area contributed by atoms with Crippen LogP contribution >= 0.6 is 0 Å². The van der Waals surface area contributed by atoms with E-state index in [0.29, 0.717) is 34.9 Å². The monoisotopic (exact) mass is 379 g/mol. The zero-order chi connectivity index (χ0) is 19.7. The Balaban J connectivity index is 1.65. The molecule has 0 radical (unpaired) electrons. The Morgan fingerprint density at radius 3 is 2.96 bits per heavy atom. The molecule has 1 fully saturated rings. The van der Waals surface area contributed by atoms with Crippen molar-refractivity contribution in [1.82, 2.24) is 9.88 Å². The number of nitrogens with zero attached hydrogens (tertiary/aromatic N) is 2. The minimum Gasteiger partial charge on any atom is -0.422 e. The van der Waals surface area contributed by atoms with Crippen molar-refractivity contribution in [2.45, 2.75) is 45.6 Å². The lowest BCUT2D eigenvalue weighted by Gasteiger charge is -2.34. The van der Waals surface area contributed by atoms with E-state index in [2.05, 4.69) is 22.1 Å². The van der Waals surface area contributed by atoms with Crippen molar-refractivity contribution in [2.75, 3.05) is 18.4 Å². The van der Waals surface area contributed by atoms with Crippen LogP contribution in [-0.2, 0) is 4.79 Å². The van der Waals surface area contributed by atoms with Gasteiger partial charge in [0.1, 0.15) is 11.4 Å². The molecule has 2 aromatic heterocycles. The molecular weight excluding hydrogens is 354 g/mol. The first-order valence-corrected chi connectivity index (χ1v) is 9.94. The van der Waals surface area contributed by atoms with Crippen molar-refractivity contribution in [2.24, 2.45) is 0 Å². The summed E-state index contributed by atoms with van der Waals surface area (Å²) in [5, 5.41) is 4.15. The lowest BCUT2D eigenvalue weighted by Crippen LogP contribution is -2.43. The summed E-state index contributed by atoms with van der Waals surface area (Å²) in [6, 6.07) is 9.53. The molecule has 1 aromatic carbocycles. The number of anilines is 1. The van der Waals surface area contributed by atoms with Gasteiger partial charge in [0, 0.05) is 11.4 Å². The third-order valence-corrected chi connectivity index (χ3v) is 5.60. The number of fused-ring (bicyclic) bond motifs is 3. The van der Waals surface area contributed by atoms with E-state index in [9.17, 15) is 9.59 Å². The van der Waals surface area contributed by atoms with Gasteiger partial charge in [0.2, 0.25) is 5.91 Å². The van der Waals surface area contributed by atoms with Crippen molar-refractivity contribution >= 4 is 33.6 Å². The number of aromatic nitrogens is 1. The Labute approximate surface area is 163 Å². The number of pyridine rings is 1. The fourth-order valence-electron chi connectivity index (χ4n) is 4.19. The lowest BCUT2D eigenvalue weighted by atomic mass is 10.0. The van der Waals surface area contributed by atoms with Gasteiger partial charge in [0.05, 0.1) is 17.4 Å². The molecule has 146 valence electrons. The van der Waals surface area contributed by atoms with Gasteiger partial charge in [-0.3, -0.25) is 9.69 Å². The molecule has 4 rings (SSSR count). The molecule has 1 amide bonds. The van der Waals surface area contributed by atoms with E-state index < -0.39 is 5.63 Å². The van der Waals surface area contributed by atoms with Crippen LogP contribution in [0.25, 0.3) is 21.9 Å². The molecule has 0 saturated carbocycles. The number of likely N-dealkylation sites (tertiary alicyclic amines) is 1. The number of nitrogens with one attached hydrogen (secondary N) is 1. The molecule has 3 aromatic rings. The Morgan fingerprint density at radius 1 is 1.32 bits per heavy atom. The molecule has 3 heterocycles. The average molecular weight is 379 g/mol. The largest absolute Gasteiger partial charge is 0.422 e. The fourth-order valence-corrected chi connectivity index (χ4v) is 4.19. The number of aryl methyl sites for hydroxylation is 1. The van der Waals surface area contributed by atoms with Crippen molar-refractivity contribution < 1.29 is 9.21 Å². The summed E-state index contributed by atoms with van der Waals surface area (Å²) in [6.45, 7) is 5.34. The van der Waals surface area contributed by atoms with Crippen LogP contribution in [0, 0.1) is 6.92 Å². The highest BCUT2D eigenvalue weighted by Crippen LogP contribution is 2.25. The lowest BCUT2D eigenvalue weighted by molar-refractivity contribution is -0.118. The van der Waals surface area contributed by atoms with Gasteiger partial charge in [-0.25, -0.2) is 9.78 Å². The number of carbonyl (C=O) groups is 1. The van der Waals surface area contributed by atoms with E-state index in [0.717, 1.165) is 36.8 Å². The molecule has 6 nitrogen and oxygen atoms in total. The highest BCUT2D eigenvalue weighted by Gasteiger charge is 2.23. The second kappa shape index (κ2) is 7.72. The maximum atomic E-state index is 12.6. The van der Waals surface area contributed by atoms with Crippen molar-refractivity contribution in [3.63, 3.8) is 0 Å². The first kappa shape index (κ1) is 18.6. The second-order valence-corrected chi connectivity index (χ2v) is 7.51. The van der Waals surface area contributed by atoms with Gasteiger partial charge in [0.15, 0.2) is 0 Å². The first-order valence-electron chi connectivity index (χ1n) is 9.94. The number of para-hydroxylation sites is 1. The summed E-state index contributed by atoms with van der Waals surface area (Å²) in [5.74, 6) is 0.398. The molecule has 1 saturated heterocycles. The Kier molecular flexibility index (Phi) is 5.13. The van der Waals surface area contributed by atoms with Gasteiger partial charge in [-0.15, -0.1) is 0 Å². The van der Waals surface area contributed by atoms with Crippen LogP contribution in [0.1, 0.15) is 38.2 Å². The zero-order valence-corrected chi connectivity index (χ0v) is 16.3. The van der Waals surface area contributed by atoms with Crippen LogP contribution in [0.5, 0.6) is 0 Å². The van der Waals surface area contributed by atoms with E-state index in [-0.39, 0.29) is 5.91 Å². The van der Waals surface area contributed by atoms with E-state index in [1.807, 2.05) is 25.1 Å². The maximum absolute atomic E-state index is 12.6. The number of piperidine rings is 1. The van der Waals surface area contributed by atoms with Gasteiger partial charge in [-0.05, 0) is 56.5 Å². The van der Waals surface area contributed by atoms with E-state index in [1.54, 1.807) is 12.1 Å². The number of hydrogen-bond acceptors (Lipinski definition) is 5. The predicted octanol–water partition coefficient (Wildman–Crippen LogP) is 3.85. The SMILES string of the molecule is CC[C@H]1CCCCN1CC(=O)Nc1cc(C)c2c(=O)oc3ccccc3c2n1. The molecule has 0 bridgehead atoms. The standard InChI is InChI=1S/C22H25N3O3/c1-3-15-8-6-7-11-25(15)13-19(26)23-18-12-14(2)20-21(24-18)16-9-4-5-10-17(16)28-22(20)27/h4-5,9-10,12,15H,3,6-8,11,13H2,1-2H3,(H,23,24,26)/t15-/m0/s1. The molecule has 0 unspecified atom stereocenters. The van der Waals surface area contributed by atoms with Gasteiger partial charge in [-0.2, -0.15) is 0 Å². The first-order chi connectivity index (χ1) is 13.6. The quantitative estimate of drug-likeness (QED) is 0.550. The van der Waals surface area contributed by atoms with Crippen molar-refractivity contribution in [3.8, 4) is 0 Å². The van der Waals surface area contributed by atoms with E-state index >= 15 is 0 Å². The van der Waals surface area contributed by atoms with Gasteiger partial charge < -0.3 is 9.73 Å². The molecule has 1 aliphatic heterocycles. The van der Waals surface area contributed by atoms with Crippen LogP contribution in [0.4, 0.5) is 5.82 Å². The summed E-state index contributed by atoms with van der Waals surface area (Å²) in [6.07, 6.45) is 4.58. The second-order valence-electron chi connectivity index (χ2n) is 7.51. The molecule has 1 N–H and O–H groups in total. The van der Waals surface area contributed by atoms with Crippen LogP contribution < -0.4 is 10.9 Å². The van der Waals surface area contributed by atoms with E-state index in [1.165, 1.54) is 6.42 Å². The minimum atomic E-state index is -0.407. The van der Waals surface area contributed by atoms with Crippen LogP contribution in [0.15, 0.2) is 39.5 Å². The van der Waals surface area contributed by atoms with Crippen LogP contribution in [0.3, 0.4) is 0 Å². The average Bonchev–Trinajstić information content (AvgIpc) is 2.68. The molecule has 0 aliphatic carbocycles. The third-order valence-electron chi connectivity index (χ3n) is 5.60. The smallest absolute Gasteiger partial charge is 0.346 e. The van der Waals surface area contributed by atoms with Gasteiger partial charge >= 0.3 is 5.63 Å². The van der Waals surface area contributed by atoms with Crippen molar-refractivity contribution in [1.29, 1.82) is 0 Å². The molecule has 6 heteroatoms. The summed E-state index contributed by atoms with van der Waals surface area (Å²) in [4.78, 5) is 31.9. The van der Waals surface area contributed by atoms with Gasteiger partial charge in [0.25, 0.3) is 0 Å². The number of benzene rings is 1. The third kappa shape index (κ3) is 3.52. The Hall–Kier alpha value is -2.73. The van der Waals surface area contributed by atoms with Crippen molar-refractivity contribution in [3.05, 3.63) is 46.3 Å². The van der Waals surface area contributed by atoms with Crippen LogP contribution in [-0.4, -0.2) is 34.9 Å². The van der Waals surface area contributed by atoms with E-state index in [4.69, 9.17) is 4.42 Å². The normalized spacial score (nSPS) is 17.9. The maximum Gasteiger partial charge on any atom is 0.346 e. The summed E-state index contributed by atoms with van der Waals surface area (Å²) in [7, 11) is 0. The molecule has 1 atom stereocenters. The zero-order valence-electron chi connectivity index (χ0n) is 16.3.